The van der Waals surface area contributed by atoms with Crippen LogP contribution in [0.4, 0.5) is 0 Å². The number of nitrogens with zero attached hydrogens (tertiary/aromatic N) is 1. The van der Waals surface area contributed by atoms with E-state index in [1.165, 1.54) is 30.2 Å². The molecule has 0 spiro atoms. The molecule has 2 aromatic rings. The van der Waals surface area contributed by atoms with E-state index in [2.05, 4.69) is 60.5 Å². The summed E-state index contributed by atoms with van der Waals surface area (Å²) < 4.78 is 5.17. The summed E-state index contributed by atoms with van der Waals surface area (Å²) in [4.78, 5) is 14.9. The van der Waals surface area contributed by atoms with Gasteiger partial charge >= 0.3 is 5.97 Å². The molecule has 0 aromatic heterocycles. The van der Waals surface area contributed by atoms with Crippen molar-refractivity contribution in [1.29, 1.82) is 0 Å². The number of carbonyl (C=O) groups is 1. The first-order valence-corrected chi connectivity index (χ1v) is 9.14. The number of rotatable bonds is 3. The lowest BCUT2D eigenvalue weighted by Gasteiger charge is -2.41. The molecule has 0 saturated carbocycles. The van der Waals surface area contributed by atoms with Gasteiger partial charge in [-0.3, -0.25) is 9.69 Å². The molecule has 4 rings (SSSR count). The minimum Gasteiger partial charge on any atom is -0.469 e. The molecule has 3 heteroatoms. The second-order valence-electron chi connectivity index (χ2n) is 7.34. The van der Waals surface area contributed by atoms with Gasteiger partial charge in [-0.1, -0.05) is 54.6 Å². The molecule has 3 nitrogen and oxygen atoms in total. The Labute approximate surface area is 149 Å². The van der Waals surface area contributed by atoms with E-state index in [9.17, 15) is 4.79 Å². The maximum absolute atomic E-state index is 12.5. The Morgan fingerprint density at radius 3 is 2.36 bits per heavy atom. The highest BCUT2D eigenvalue weighted by Gasteiger charge is 2.49. The van der Waals surface area contributed by atoms with Crippen LogP contribution >= 0.6 is 0 Å². The van der Waals surface area contributed by atoms with E-state index in [1.807, 2.05) is 6.07 Å². The van der Waals surface area contributed by atoms with Crippen LogP contribution in [-0.4, -0.2) is 37.1 Å². The highest BCUT2D eigenvalue weighted by atomic mass is 16.5. The molecule has 25 heavy (non-hydrogen) atoms. The van der Waals surface area contributed by atoms with Crippen LogP contribution in [0.5, 0.6) is 0 Å². The van der Waals surface area contributed by atoms with Crippen LogP contribution in [0.2, 0.25) is 0 Å². The van der Waals surface area contributed by atoms with Gasteiger partial charge in [-0.2, -0.15) is 0 Å². The minimum absolute atomic E-state index is 0.0590. The highest BCUT2D eigenvalue weighted by Crippen LogP contribution is 2.46. The Hall–Kier alpha value is -2.13. The number of methoxy groups -OCH3 is 1. The van der Waals surface area contributed by atoms with Gasteiger partial charge in [0.05, 0.1) is 13.0 Å². The van der Waals surface area contributed by atoms with Gasteiger partial charge in [-0.25, -0.2) is 0 Å². The Morgan fingerprint density at radius 1 is 1.00 bits per heavy atom. The monoisotopic (exact) mass is 335 g/mol. The van der Waals surface area contributed by atoms with E-state index in [-0.39, 0.29) is 17.8 Å². The molecule has 2 aliphatic heterocycles. The van der Waals surface area contributed by atoms with Crippen molar-refractivity contribution < 1.29 is 9.53 Å². The predicted molar refractivity (Wildman–Crippen MR) is 99.3 cm³/mol. The standard InChI is InChI=1S/C22H25NO2/c1-23-18-12-13-20(23)21(22(24)25-2)19(14-18)17-10-8-16(9-11-17)15-6-4-3-5-7-15/h3-11,18-21H,12-14H2,1-2H3/t18-,19+,20+,21+/m0/s1. The molecule has 0 unspecified atom stereocenters. The molecule has 4 atom stereocenters. The van der Waals surface area contributed by atoms with Gasteiger partial charge in [0.2, 0.25) is 0 Å². The van der Waals surface area contributed by atoms with Gasteiger partial charge in [0.1, 0.15) is 0 Å². The number of hydrogen-bond donors (Lipinski definition) is 0. The number of ether oxygens (including phenoxy) is 1. The molecule has 0 N–H and O–H groups in total. The fourth-order valence-electron chi connectivity index (χ4n) is 4.82. The average molecular weight is 335 g/mol. The Kier molecular flexibility index (Phi) is 4.34. The van der Waals surface area contributed by atoms with Crippen molar-refractivity contribution in [3.63, 3.8) is 0 Å². The Morgan fingerprint density at radius 2 is 1.68 bits per heavy atom. The van der Waals surface area contributed by atoms with E-state index in [0.29, 0.717) is 12.1 Å². The molecule has 0 aliphatic carbocycles. The summed E-state index contributed by atoms with van der Waals surface area (Å²) in [6, 6.07) is 20.1. The molecular weight excluding hydrogens is 310 g/mol. The normalized spacial score (nSPS) is 28.7. The van der Waals surface area contributed by atoms with Crippen molar-refractivity contribution in [3.8, 4) is 11.1 Å². The molecule has 130 valence electrons. The Bertz CT molecular complexity index is 740. The first-order valence-electron chi connectivity index (χ1n) is 9.14. The SMILES string of the molecule is COC(=O)[C@@H]1[C@@H](c2ccc(-c3ccccc3)cc2)C[C@@H]2CC[C@H]1N2C. The summed E-state index contributed by atoms with van der Waals surface area (Å²) in [7, 11) is 3.67. The Balaban J connectivity index is 1.64. The van der Waals surface area contributed by atoms with Crippen molar-refractivity contribution >= 4 is 5.97 Å². The maximum Gasteiger partial charge on any atom is 0.310 e. The molecule has 2 bridgehead atoms. The third kappa shape index (κ3) is 2.87. The molecule has 2 fully saturated rings. The number of benzene rings is 2. The summed E-state index contributed by atoms with van der Waals surface area (Å²) in [6.45, 7) is 0. The molecule has 2 saturated heterocycles. The van der Waals surface area contributed by atoms with Crippen LogP contribution in [0.1, 0.15) is 30.7 Å². The van der Waals surface area contributed by atoms with Crippen LogP contribution in [0, 0.1) is 5.92 Å². The lowest BCUT2D eigenvalue weighted by Crippen LogP contribution is -2.49. The van der Waals surface area contributed by atoms with Gasteiger partial charge < -0.3 is 4.74 Å². The van der Waals surface area contributed by atoms with E-state index in [1.54, 1.807) is 0 Å². The molecule has 2 aliphatic rings. The third-order valence-corrected chi connectivity index (χ3v) is 6.19. The first kappa shape index (κ1) is 16.3. The zero-order chi connectivity index (χ0) is 17.4. The summed E-state index contributed by atoms with van der Waals surface area (Å²) in [5.74, 6) is 0.136. The summed E-state index contributed by atoms with van der Waals surface area (Å²) in [5, 5.41) is 0. The van der Waals surface area contributed by atoms with Crippen LogP contribution < -0.4 is 0 Å². The van der Waals surface area contributed by atoms with E-state index >= 15 is 0 Å². The van der Waals surface area contributed by atoms with Crippen molar-refractivity contribution in [2.24, 2.45) is 5.92 Å². The zero-order valence-corrected chi connectivity index (χ0v) is 14.9. The van der Waals surface area contributed by atoms with Gasteiger partial charge in [-0.05, 0) is 43.0 Å². The second-order valence-corrected chi connectivity index (χ2v) is 7.34. The van der Waals surface area contributed by atoms with Gasteiger partial charge in [0.25, 0.3) is 0 Å². The number of carbonyl (C=O) groups excluding carboxylic acids is 1. The van der Waals surface area contributed by atoms with Crippen LogP contribution in [0.15, 0.2) is 54.6 Å². The molecule has 0 radical (unpaired) electrons. The number of hydrogen-bond acceptors (Lipinski definition) is 3. The van der Waals surface area contributed by atoms with Crippen molar-refractivity contribution in [1.82, 2.24) is 4.90 Å². The molecule has 2 heterocycles. The zero-order valence-electron chi connectivity index (χ0n) is 14.9. The topological polar surface area (TPSA) is 29.5 Å². The number of piperidine rings is 1. The van der Waals surface area contributed by atoms with Crippen molar-refractivity contribution in [3.05, 3.63) is 60.2 Å². The fraction of sp³-hybridized carbons (Fsp3) is 0.409. The predicted octanol–water partition coefficient (Wildman–Crippen LogP) is 4.09. The van der Waals surface area contributed by atoms with E-state index in [0.717, 1.165) is 12.8 Å². The number of esters is 1. The lowest BCUT2D eigenvalue weighted by molar-refractivity contribution is -0.150. The average Bonchev–Trinajstić information content (AvgIpc) is 2.90. The minimum atomic E-state index is -0.0608. The highest BCUT2D eigenvalue weighted by molar-refractivity contribution is 5.75. The van der Waals surface area contributed by atoms with Gasteiger partial charge in [0, 0.05) is 18.0 Å². The summed E-state index contributed by atoms with van der Waals surface area (Å²) >= 11 is 0. The van der Waals surface area contributed by atoms with Gasteiger partial charge in [0.15, 0.2) is 0 Å². The largest absolute Gasteiger partial charge is 0.469 e. The first-order chi connectivity index (χ1) is 12.2. The number of fused-ring (bicyclic) bond motifs is 2. The van der Waals surface area contributed by atoms with Crippen LogP contribution in [-0.2, 0) is 9.53 Å². The van der Waals surface area contributed by atoms with E-state index < -0.39 is 0 Å². The van der Waals surface area contributed by atoms with Crippen LogP contribution in [0.25, 0.3) is 11.1 Å². The van der Waals surface area contributed by atoms with Gasteiger partial charge in [-0.15, -0.1) is 0 Å². The summed E-state index contributed by atoms with van der Waals surface area (Å²) in [5.41, 5.74) is 3.71. The van der Waals surface area contributed by atoms with Crippen molar-refractivity contribution in [2.45, 2.75) is 37.3 Å². The smallest absolute Gasteiger partial charge is 0.310 e. The van der Waals surface area contributed by atoms with E-state index in [4.69, 9.17) is 4.74 Å². The molecular formula is C22H25NO2. The second kappa shape index (κ2) is 6.64. The third-order valence-electron chi connectivity index (χ3n) is 6.19. The lowest BCUT2D eigenvalue weighted by atomic mass is 9.76. The summed E-state index contributed by atoms with van der Waals surface area (Å²) in [6.07, 6.45) is 3.32. The maximum atomic E-state index is 12.5. The molecule has 2 aromatic carbocycles. The fourth-order valence-corrected chi connectivity index (χ4v) is 4.82. The molecule has 0 amide bonds. The quantitative estimate of drug-likeness (QED) is 0.791. The van der Waals surface area contributed by atoms with Crippen LogP contribution in [0.3, 0.4) is 0 Å². The van der Waals surface area contributed by atoms with Crippen molar-refractivity contribution in [2.75, 3.05) is 14.2 Å².